The Morgan fingerprint density at radius 3 is 2.33 bits per heavy atom. The van der Waals surface area contributed by atoms with Gasteiger partial charge in [-0.15, -0.1) is 0 Å². The minimum atomic E-state index is 0.111. The summed E-state index contributed by atoms with van der Waals surface area (Å²) in [5, 5.41) is 0. The van der Waals surface area contributed by atoms with E-state index < -0.39 is 0 Å². The van der Waals surface area contributed by atoms with E-state index in [9.17, 15) is 4.79 Å². The molecule has 1 atom stereocenters. The van der Waals surface area contributed by atoms with Crippen molar-refractivity contribution in [1.29, 1.82) is 0 Å². The predicted octanol–water partition coefficient (Wildman–Crippen LogP) is 3.64. The van der Waals surface area contributed by atoms with Crippen LogP contribution in [0.3, 0.4) is 0 Å². The Morgan fingerprint density at radius 2 is 1.81 bits per heavy atom. The van der Waals surface area contributed by atoms with Gasteiger partial charge < -0.3 is 9.80 Å². The number of rotatable bonds is 5. The van der Waals surface area contributed by atoms with E-state index >= 15 is 0 Å². The lowest BCUT2D eigenvalue weighted by Gasteiger charge is -2.34. The molecule has 1 aromatic carbocycles. The minimum absolute atomic E-state index is 0.111. The van der Waals surface area contributed by atoms with Gasteiger partial charge in [0.15, 0.2) is 0 Å². The highest BCUT2D eigenvalue weighted by Gasteiger charge is 2.27. The Kier molecular flexibility index (Phi) is 5.82. The maximum atomic E-state index is 12.7. The van der Waals surface area contributed by atoms with Crippen molar-refractivity contribution in [2.45, 2.75) is 32.7 Å². The maximum absolute atomic E-state index is 12.7. The van der Waals surface area contributed by atoms with Gasteiger partial charge in [-0.3, -0.25) is 4.79 Å². The van der Waals surface area contributed by atoms with E-state index in [1.807, 2.05) is 36.2 Å². The van der Waals surface area contributed by atoms with Gasteiger partial charge in [-0.25, -0.2) is 0 Å². The van der Waals surface area contributed by atoms with Crippen LogP contribution in [0.4, 0.5) is 0 Å². The summed E-state index contributed by atoms with van der Waals surface area (Å²) in [6.07, 6.45) is 2.57. The van der Waals surface area contributed by atoms with E-state index in [0.717, 1.165) is 16.6 Å². The molecule has 0 radical (unpaired) electrons. The molecule has 1 aliphatic heterocycles. The average molecular weight is 353 g/mol. The Morgan fingerprint density at radius 1 is 1.24 bits per heavy atom. The molecule has 0 unspecified atom stereocenters. The summed E-state index contributed by atoms with van der Waals surface area (Å²) < 4.78 is 0.999. The van der Waals surface area contributed by atoms with Crippen molar-refractivity contribution in [3.63, 3.8) is 0 Å². The van der Waals surface area contributed by atoms with E-state index in [-0.39, 0.29) is 11.9 Å². The third-order valence-corrected chi connectivity index (χ3v) is 4.85. The predicted molar refractivity (Wildman–Crippen MR) is 90.5 cm³/mol. The van der Waals surface area contributed by atoms with Crippen molar-refractivity contribution in [1.82, 2.24) is 9.80 Å². The highest BCUT2D eigenvalue weighted by atomic mass is 79.9. The van der Waals surface area contributed by atoms with E-state index in [1.165, 1.54) is 25.9 Å². The van der Waals surface area contributed by atoms with Crippen LogP contribution in [0.5, 0.6) is 0 Å². The molecule has 0 N–H and O–H groups in total. The smallest absolute Gasteiger partial charge is 0.253 e. The van der Waals surface area contributed by atoms with E-state index in [0.29, 0.717) is 5.92 Å². The molecule has 1 aliphatic rings. The zero-order chi connectivity index (χ0) is 15.4. The van der Waals surface area contributed by atoms with Crippen molar-refractivity contribution in [2.75, 3.05) is 26.7 Å². The van der Waals surface area contributed by atoms with Crippen molar-refractivity contribution in [3.05, 3.63) is 34.3 Å². The molecule has 0 bridgehead atoms. The van der Waals surface area contributed by atoms with Crippen LogP contribution in [-0.2, 0) is 0 Å². The lowest BCUT2D eigenvalue weighted by Crippen LogP contribution is -2.47. The number of carbonyl (C=O) groups is 1. The van der Waals surface area contributed by atoms with Gasteiger partial charge in [-0.1, -0.05) is 29.8 Å². The molecule has 1 saturated heterocycles. The topological polar surface area (TPSA) is 23.6 Å². The molecule has 2 rings (SSSR count). The molecule has 0 saturated carbocycles. The zero-order valence-corrected chi connectivity index (χ0v) is 14.8. The fourth-order valence-corrected chi connectivity index (χ4v) is 3.22. The molecule has 1 fully saturated rings. The first-order valence-electron chi connectivity index (χ1n) is 7.74. The molecule has 0 aliphatic carbocycles. The van der Waals surface area contributed by atoms with Gasteiger partial charge in [0, 0.05) is 29.7 Å². The van der Waals surface area contributed by atoms with Crippen LogP contribution in [0.1, 0.15) is 37.0 Å². The van der Waals surface area contributed by atoms with Crippen LogP contribution in [0, 0.1) is 5.92 Å². The highest BCUT2D eigenvalue weighted by Crippen LogP contribution is 2.18. The summed E-state index contributed by atoms with van der Waals surface area (Å²) in [6.45, 7) is 7.72. The molecule has 0 spiro atoms. The number of likely N-dealkylation sites (tertiary alicyclic amines) is 1. The number of amides is 1. The number of hydrogen-bond donors (Lipinski definition) is 0. The summed E-state index contributed by atoms with van der Waals surface area (Å²) in [5.74, 6) is 0.565. The Balaban J connectivity index is 2.07. The van der Waals surface area contributed by atoms with Crippen molar-refractivity contribution in [3.8, 4) is 0 Å². The standard InChI is InChI=1S/C17H25BrN2O/c1-13(2)16(12-20-10-4-5-11-20)19(3)17(21)14-6-8-15(18)9-7-14/h6-9,13,16H,4-5,10-12H2,1-3H3/t16-/m0/s1. The van der Waals surface area contributed by atoms with Crippen molar-refractivity contribution < 1.29 is 4.79 Å². The molecule has 1 amide bonds. The van der Waals surface area contributed by atoms with Crippen molar-refractivity contribution in [2.24, 2.45) is 5.92 Å². The largest absolute Gasteiger partial charge is 0.337 e. The first kappa shape index (κ1) is 16.5. The zero-order valence-electron chi connectivity index (χ0n) is 13.2. The summed E-state index contributed by atoms with van der Waals surface area (Å²) in [4.78, 5) is 17.1. The summed E-state index contributed by atoms with van der Waals surface area (Å²) in [5.41, 5.74) is 0.757. The fourth-order valence-electron chi connectivity index (χ4n) is 2.96. The summed E-state index contributed by atoms with van der Waals surface area (Å²) in [7, 11) is 1.94. The van der Waals surface area contributed by atoms with Crippen LogP contribution in [0.2, 0.25) is 0 Å². The van der Waals surface area contributed by atoms with E-state index in [4.69, 9.17) is 0 Å². The third kappa shape index (κ3) is 4.30. The first-order valence-corrected chi connectivity index (χ1v) is 8.53. The third-order valence-electron chi connectivity index (χ3n) is 4.32. The van der Waals surface area contributed by atoms with Crippen molar-refractivity contribution >= 4 is 21.8 Å². The van der Waals surface area contributed by atoms with Crippen LogP contribution in [0.15, 0.2) is 28.7 Å². The lowest BCUT2D eigenvalue weighted by atomic mass is 10.0. The lowest BCUT2D eigenvalue weighted by molar-refractivity contribution is 0.0641. The number of benzene rings is 1. The van der Waals surface area contributed by atoms with Gasteiger partial charge in [0.2, 0.25) is 0 Å². The molecular formula is C17H25BrN2O. The van der Waals surface area contributed by atoms with Crippen LogP contribution < -0.4 is 0 Å². The van der Waals surface area contributed by atoms with E-state index in [2.05, 4.69) is 34.7 Å². The Bertz CT molecular complexity index is 466. The van der Waals surface area contributed by atoms with Crippen LogP contribution in [0.25, 0.3) is 0 Å². The van der Waals surface area contributed by atoms with Gasteiger partial charge in [0.05, 0.1) is 0 Å². The number of hydrogen-bond acceptors (Lipinski definition) is 2. The first-order chi connectivity index (χ1) is 9.99. The van der Waals surface area contributed by atoms with Gasteiger partial charge in [-0.05, 0) is 56.1 Å². The van der Waals surface area contributed by atoms with Gasteiger partial charge >= 0.3 is 0 Å². The highest BCUT2D eigenvalue weighted by molar-refractivity contribution is 9.10. The molecule has 21 heavy (non-hydrogen) atoms. The molecular weight excluding hydrogens is 328 g/mol. The van der Waals surface area contributed by atoms with Gasteiger partial charge in [0.1, 0.15) is 0 Å². The maximum Gasteiger partial charge on any atom is 0.253 e. The normalized spacial score (nSPS) is 17.2. The quantitative estimate of drug-likeness (QED) is 0.807. The number of carbonyl (C=O) groups excluding carboxylic acids is 1. The summed E-state index contributed by atoms with van der Waals surface area (Å²) >= 11 is 3.41. The molecule has 3 nitrogen and oxygen atoms in total. The van der Waals surface area contributed by atoms with E-state index in [1.54, 1.807) is 0 Å². The Labute approximate surface area is 136 Å². The number of nitrogens with zero attached hydrogens (tertiary/aromatic N) is 2. The fraction of sp³-hybridized carbons (Fsp3) is 0.588. The minimum Gasteiger partial charge on any atom is -0.337 e. The second kappa shape index (κ2) is 7.41. The Hall–Kier alpha value is -0.870. The monoisotopic (exact) mass is 352 g/mol. The van der Waals surface area contributed by atoms with Gasteiger partial charge in [-0.2, -0.15) is 0 Å². The summed E-state index contributed by atoms with van der Waals surface area (Å²) in [6, 6.07) is 7.88. The second-order valence-corrected chi connectivity index (χ2v) is 7.16. The molecule has 1 aromatic rings. The number of halogens is 1. The SMILES string of the molecule is CC(C)[C@H](CN1CCCC1)N(C)C(=O)c1ccc(Br)cc1. The van der Waals surface area contributed by atoms with Crippen LogP contribution >= 0.6 is 15.9 Å². The molecule has 1 heterocycles. The second-order valence-electron chi connectivity index (χ2n) is 6.24. The molecule has 4 heteroatoms. The number of likely N-dealkylation sites (N-methyl/N-ethyl adjacent to an activating group) is 1. The average Bonchev–Trinajstić information content (AvgIpc) is 2.97. The van der Waals surface area contributed by atoms with Crippen LogP contribution in [-0.4, -0.2) is 48.4 Å². The molecule has 116 valence electrons. The van der Waals surface area contributed by atoms with Gasteiger partial charge in [0.25, 0.3) is 5.91 Å². The molecule has 0 aromatic heterocycles.